The van der Waals surface area contributed by atoms with Crippen molar-refractivity contribution in [2.75, 3.05) is 24.5 Å². The SMILES string of the molecule is CCCN(c1nc2ccc(Cl)cn2n1)C1CCCNC1. The van der Waals surface area contributed by atoms with E-state index in [0.717, 1.165) is 37.7 Å². The van der Waals surface area contributed by atoms with E-state index in [0.29, 0.717) is 11.1 Å². The molecule has 3 rings (SSSR count). The summed E-state index contributed by atoms with van der Waals surface area (Å²) in [5.41, 5.74) is 0.842. The highest BCUT2D eigenvalue weighted by molar-refractivity contribution is 6.30. The lowest BCUT2D eigenvalue weighted by molar-refractivity contribution is 0.426. The number of hydrogen-bond donors (Lipinski definition) is 1. The van der Waals surface area contributed by atoms with Gasteiger partial charge in [-0.2, -0.15) is 4.98 Å². The van der Waals surface area contributed by atoms with Crippen LogP contribution < -0.4 is 10.2 Å². The van der Waals surface area contributed by atoms with Crippen LogP contribution in [0.5, 0.6) is 0 Å². The molecule has 1 unspecified atom stereocenters. The molecule has 0 aliphatic carbocycles. The van der Waals surface area contributed by atoms with E-state index in [1.165, 1.54) is 12.8 Å². The van der Waals surface area contributed by atoms with Gasteiger partial charge in [0.25, 0.3) is 0 Å². The van der Waals surface area contributed by atoms with E-state index in [9.17, 15) is 0 Å². The normalized spacial score (nSPS) is 19.4. The van der Waals surface area contributed by atoms with Crippen LogP contribution in [0.15, 0.2) is 18.3 Å². The van der Waals surface area contributed by atoms with Crippen molar-refractivity contribution >= 4 is 23.2 Å². The molecule has 2 aromatic rings. The Balaban J connectivity index is 1.91. The van der Waals surface area contributed by atoms with Gasteiger partial charge in [-0.25, -0.2) is 4.52 Å². The fourth-order valence-electron chi connectivity index (χ4n) is 2.75. The largest absolute Gasteiger partial charge is 0.335 e. The fourth-order valence-corrected chi connectivity index (χ4v) is 2.91. The number of anilines is 1. The van der Waals surface area contributed by atoms with Gasteiger partial charge in [-0.05, 0) is 37.9 Å². The van der Waals surface area contributed by atoms with Gasteiger partial charge >= 0.3 is 0 Å². The third-order valence-corrected chi connectivity index (χ3v) is 3.94. The number of nitrogens with one attached hydrogen (secondary N) is 1. The molecule has 3 heterocycles. The van der Waals surface area contributed by atoms with Crippen molar-refractivity contribution in [2.45, 2.75) is 32.2 Å². The average Bonchev–Trinajstić information content (AvgIpc) is 2.88. The summed E-state index contributed by atoms with van der Waals surface area (Å²) < 4.78 is 1.76. The molecule has 1 saturated heterocycles. The number of piperidine rings is 1. The Morgan fingerprint density at radius 3 is 3.15 bits per heavy atom. The monoisotopic (exact) mass is 293 g/mol. The minimum Gasteiger partial charge on any atom is -0.335 e. The number of hydrogen-bond acceptors (Lipinski definition) is 4. The van der Waals surface area contributed by atoms with Crippen molar-refractivity contribution in [1.29, 1.82) is 0 Å². The standard InChI is InChI=1S/C14H20ClN5/c1-2-8-19(12-4-3-7-16-9-12)14-17-13-6-5-11(15)10-20(13)18-14/h5-6,10,12,16H,2-4,7-9H2,1H3. The van der Waals surface area contributed by atoms with E-state index < -0.39 is 0 Å². The minimum absolute atomic E-state index is 0.483. The highest BCUT2D eigenvalue weighted by Crippen LogP contribution is 2.19. The third kappa shape index (κ3) is 2.74. The van der Waals surface area contributed by atoms with E-state index in [1.54, 1.807) is 10.7 Å². The molecule has 0 aromatic carbocycles. The summed E-state index contributed by atoms with van der Waals surface area (Å²) >= 11 is 6.01. The first-order valence-corrected chi connectivity index (χ1v) is 7.65. The van der Waals surface area contributed by atoms with Crippen molar-refractivity contribution in [1.82, 2.24) is 19.9 Å². The Kier molecular flexibility index (Phi) is 4.08. The minimum atomic E-state index is 0.483. The van der Waals surface area contributed by atoms with Gasteiger partial charge in [0.05, 0.1) is 5.02 Å². The van der Waals surface area contributed by atoms with Crippen LogP contribution in [-0.2, 0) is 0 Å². The smallest absolute Gasteiger partial charge is 0.245 e. The Morgan fingerprint density at radius 2 is 2.40 bits per heavy atom. The van der Waals surface area contributed by atoms with Crippen LogP contribution in [0.4, 0.5) is 5.95 Å². The Bertz CT molecular complexity index is 576. The Morgan fingerprint density at radius 1 is 1.50 bits per heavy atom. The number of halogens is 1. The van der Waals surface area contributed by atoms with Crippen LogP contribution in [-0.4, -0.2) is 40.3 Å². The highest BCUT2D eigenvalue weighted by atomic mass is 35.5. The molecular formula is C14H20ClN5. The summed E-state index contributed by atoms with van der Waals surface area (Å²) in [6, 6.07) is 4.24. The Hall–Kier alpha value is -1.33. The summed E-state index contributed by atoms with van der Waals surface area (Å²) in [4.78, 5) is 6.97. The molecule has 0 saturated carbocycles. The summed E-state index contributed by atoms with van der Waals surface area (Å²) in [6.45, 7) is 5.30. The van der Waals surface area contributed by atoms with E-state index in [-0.39, 0.29) is 0 Å². The topological polar surface area (TPSA) is 45.5 Å². The van der Waals surface area contributed by atoms with Crippen molar-refractivity contribution in [3.05, 3.63) is 23.4 Å². The maximum absolute atomic E-state index is 6.01. The summed E-state index contributed by atoms with van der Waals surface area (Å²) in [6.07, 6.45) is 5.30. The van der Waals surface area contributed by atoms with Crippen molar-refractivity contribution in [3.8, 4) is 0 Å². The molecule has 1 N–H and O–H groups in total. The van der Waals surface area contributed by atoms with E-state index in [4.69, 9.17) is 11.6 Å². The molecule has 1 aliphatic rings. The summed E-state index contributed by atoms with van der Waals surface area (Å²) in [5.74, 6) is 0.808. The molecule has 0 spiro atoms. The van der Waals surface area contributed by atoms with Crippen LogP contribution in [0.2, 0.25) is 5.02 Å². The average molecular weight is 294 g/mol. The van der Waals surface area contributed by atoms with Crippen LogP contribution in [0.1, 0.15) is 26.2 Å². The zero-order chi connectivity index (χ0) is 13.9. The van der Waals surface area contributed by atoms with Gasteiger partial charge in [0.1, 0.15) is 0 Å². The zero-order valence-corrected chi connectivity index (χ0v) is 12.5. The number of aromatic nitrogens is 3. The van der Waals surface area contributed by atoms with E-state index >= 15 is 0 Å². The van der Waals surface area contributed by atoms with Gasteiger partial charge < -0.3 is 10.2 Å². The second-order valence-corrected chi connectivity index (χ2v) is 5.69. The zero-order valence-electron chi connectivity index (χ0n) is 11.7. The number of pyridine rings is 1. The molecule has 20 heavy (non-hydrogen) atoms. The lowest BCUT2D eigenvalue weighted by atomic mass is 10.1. The first-order chi connectivity index (χ1) is 9.78. The third-order valence-electron chi connectivity index (χ3n) is 3.72. The van der Waals surface area contributed by atoms with Crippen LogP contribution in [0.3, 0.4) is 0 Å². The lowest BCUT2D eigenvalue weighted by Crippen LogP contribution is -2.47. The molecule has 5 nitrogen and oxygen atoms in total. The van der Waals surface area contributed by atoms with E-state index in [2.05, 4.69) is 27.2 Å². The van der Waals surface area contributed by atoms with Crippen LogP contribution >= 0.6 is 11.6 Å². The van der Waals surface area contributed by atoms with Gasteiger partial charge in [-0.3, -0.25) is 0 Å². The molecule has 0 bridgehead atoms. The molecule has 108 valence electrons. The molecule has 1 fully saturated rings. The molecule has 2 aromatic heterocycles. The second-order valence-electron chi connectivity index (χ2n) is 5.26. The molecule has 0 amide bonds. The number of rotatable bonds is 4. The summed E-state index contributed by atoms with van der Waals surface area (Å²) in [7, 11) is 0. The van der Waals surface area contributed by atoms with Crippen molar-refractivity contribution in [3.63, 3.8) is 0 Å². The number of nitrogens with zero attached hydrogens (tertiary/aromatic N) is 4. The molecule has 6 heteroatoms. The fraction of sp³-hybridized carbons (Fsp3) is 0.571. The molecule has 1 atom stereocenters. The van der Waals surface area contributed by atoms with Crippen molar-refractivity contribution < 1.29 is 0 Å². The first-order valence-electron chi connectivity index (χ1n) is 7.27. The predicted molar refractivity (Wildman–Crippen MR) is 81.5 cm³/mol. The van der Waals surface area contributed by atoms with Gasteiger partial charge in [0.2, 0.25) is 5.95 Å². The molecule has 1 aliphatic heterocycles. The van der Waals surface area contributed by atoms with Crippen molar-refractivity contribution in [2.24, 2.45) is 0 Å². The molecule has 0 radical (unpaired) electrons. The van der Waals surface area contributed by atoms with E-state index in [1.807, 2.05) is 12.1 Å². The lowest BCUT2D eigenvalue weighted by Gasteiger charge is -2.33. The maximum atomic E-state index is 6.01. The van der Waals surface area contributed by atoms with Gasteiger partial charge in [-0.15, -0.1) is 5.10 Å². The van der Waals surface area contributed by atoms with Gasteiger partial charge in [0.15, 0.2) is 5.65 Å². The van der Waals surface area contributed by atoms with Crippen LogP contribution in [0, 0.1) is 0 Å². The second kappa shape index (κ2) is 5.97. The van der Waals surface area contributed by atoms with Crippen LogP contribution in [0.25, 0.3) is 5.65 Å². The number of fused-ring (bicyclic) bond motifs is 1. The first kappa shape index (κ1) is 13.6. The Labute approximate surface area is 123 Å². The van der Waals surface area contributed by atoms with Gasteiger partial charge in [0, 0.05) is 25.3 Å². The predicted octanol–water partition coefficient (Wildman–Crippen LogP) is 2.35. The van der Waals surface area contributed by atoms with Gasteiger partial charge in [-0.1, -0.05) is 18.5 Å². The maximum Gasteiger partial charge on any atom is 0.245 e. The highest BCUT2D eigenvalue weighted by Gasteiger charge is 2.23. The molecular weight excluding hydrogens is 274 g/mol. The summed E-state index contributed by atoms with van der Waals surface area (Å²) in [5, 5.41) is 8.72. The quantitative estimate of drug-likeness (QED) is 0.940.